The first-order valence-corrected chi connectivity index (χ1v) is 7.52. The van der Waals surface area contributed by atoms with E-state index >= 15 is 0 Å². The Morgan fingerprint density at radius 3 is 2.85 bits per heavy atom. The zero-order valence-electron chi connectivity index (χ0n) is 11.5. The number of hydrogen-bond donors (Lipinski definition) is 2. The number of oxazole rings is 1. The van der Waals surface area contributed by atoms with Crippen LogP contribution in [-0.2, 0) is 4.79 Å². The van der Waals surface area contributed by atoms with E-state index in [-0.39, 0.29) is 6.04 Å². The van der Waals surface area contributed by atoms with Gasteiger partial charge in [-0.05, 0) is 18.6 Å². The number of carbonyl (C=O) groups is 1. The van der Waals surface area contributed by atoms with Crippen molar-refractivity contribution in [3.63, 3.8) is 0 Å². The van der Waals surface area contributed by atoms with Crippen LogP contribution < -0.4 is 5.32 Å². The molecular weight excluding hydrogens is 276 g/mol. The molecule has 108 valence electrons. The lowest BCUT2D eigenvalue weighted by Crippen LogP contribution is -2.41. The largest absolute Gasteiger partial charge is 0.480 e. The number of thioether (sulfide) groups is 1. The van der Waals surface area contributed by atoms with E-state index < -0.39 is 12.0 Å². The van der Waals surface area contributed by atoms with Crippen molar-refractivity contribution in [1.29, 1.82) is 0 Å². The predicted octanol–water partition coefficient (Wildman–Crippen LogP) is 2.76. The van der Waals surface area contributed by atoms with E-state index in [2.05, 4.69) is 10.3 Å². The van der Waals surface area contributed by atoms with Gasteiger partial charge < -0.3 is 14.8 Å². The third kappa shape index (κ3) is 3.98. The predicted molar refractivity (Wildman–Crippen MR) is 79.0 cm³/mol. The van der Waals surface area contributed by atoms with E-state index in [4.69, 9.17) is 9.52 Å². The maximum Gasteiger partial charge on any atom is 0.320 e. The van der Waals surface area contributed by atoms with Gasteiger partial charge in [-0.15, -0.1) is 0 Å². The minimum atomic E-state index is -0.822. The SMILES string of the molecule is CC(C)NC(CCSc1nc2ccccc2o1)C(=O)O. The zero-order chi connectivity index (χ0) is 14.5. The van der Waals surface area contributed by atoms with Crippen molar-refractivity contribution in [3.05, 3.63) is 24.3 Å². The number of para-hydroxylation sites is 2. The molecule has 0 aliphatic rings. The highest BCUT2D eigenvalue weighted by Gasteiger charge is 2.18. The van der Waals surface area contributed by atoms with Gasteiger partial charge in [0.05, 0.1) is 0 Å². The molecule has 1 aromatic carbocycles. The maximum atomic E-state index is 11.1. The Kier molecular flexibility index (Phi) is 5.03. The summed E-state index contributed by atoms with van der Waals surface area (Å²) in [7, 11) is 0. The first-order chi connectivity index (χ1) is 9.56. The Morgan fingerprint density at radius 2 is 2.20 bits per heavy atom. The molecule has 1 aromatic heterocycles. The molecule has 0 saturated heterocycles. The van der Waals surface area contributed by atoms with Crippen LogP contribution in [0.3, 0.4) is 0 Å². The van der Waals surface area contributed by atoms with E-state index in [1.54, 1.807) is 0 Å². The number of carboxylic acids is 1. The lowest BCUT2D eigenvalue weighted by molar-refractivity contribution is -0.139. The fourth-order valence-corrected chi connectivity index (χ4v) is 2.70. The van der Waals surface area contributed by atoms with Crippen molar-refractivity contribution in [1.82, 2.24) is 10.3 Å². The van der Waals surface area contributed by atoms with Crippen LogP contribution >= 0.6 is 11.8 Å². The highest BCUT2D eigenvalue weighted by Crippen LogP contribution is 2.23. The number of nitrogens with one attached hydrogen (secondary N) is 1. The molecule has 0 saturated carbocycles. The molecule has 0 radical (unpaired) electrons. The Labute approximate surface area is 121 Å². The van der Waals surface area contributed by atoms with Crippen LogP contribution in [0.25, 0.3) is 11.1 Å². The number of aromatic nitrogens is 1. The molecule has 1 heterocycles. The molecule has 5 nitrogen and oxygen atoms in total. The lowest BCUT2D eigenvalue weighted by atomic mass is 10.2. The summed E-state index contributed by atoms with van der Waals surface area (Å²) in [5.74, 6) is -0.180. The van der Waals surface area contributed by atoms with Crippen LogP contribution in [0, 0.1) is 0 Å². The van der Waals surface area contributed by atoms with Gasteiger partial charge >= 0.3 is 5.97 Å². The van der Waals surface area contributed by atoms with Gasteiger partial charge in [-0.3, -0.25) is 4.79 Å². The molecule has 2 N–H and O–H groups in total. The van der Waals surface area contributed by atoms with Crippen molar-refractivity contribution in [2.45, 2.75) is 37.6 Å². The lowest BCUT2D eigenvalue weighted by Gasteiger charge is -2.16. The van der Waals surface area contributed by atoms with Gasteiger partial charge in [0.2, 0.25) is 0 Å². The number of fused-ring (bicyclic) bond motifs is 1. The van der Waals surface area contributed by atoms with Crippen molar-refractivity contribution in [2.24, 2.45) is 0 Å². The summed E-state index contributed by atoms with van der Waals surface area (Å²) in [5.41, 5.74) is 1.58. The average molecular weight is 294 g/mol. The monoisotopic (exact) mass is 294 g/mol. The Balaban J connectivity index is 1.89. The Hall–Kier alpha value is -1.53. The number of carboxylic acid groups (broad SMARTS) is 1. The molecule has 1 atom stereocenters. The number of benzene rings is 1. The molecule has 1 unspecified atom stereocenters. The number of nitrogens with zero attached hydrogens (tertiary/aromatic N) is 1. The molecule has 0 aliphatic carbocycles. The van der Waals surface area contributed by atoms with E-state index in [0.717, 1.165) is 11.1 Å². The number of aliphatic carboxylic acids is 1. The Bertz CT molecular complexity index is 550. The summed E-state index contributed by atoms with van der Waals surface area (Å²) in [4.78, 5) is 15.5. The highest BCUT2D eigenvalue weighted by atomic mass is 32.2. The van der Waals surface area contributed by atoms with Crippen molar-refractivity contribution >= 4 is 28.8 Å². The first kappa shape index (κ1) is 14.9. The van der Waals surface area contributed by atoms with E-state index in [0.29, 0.717) is 17.4 Å². The number of rotatable bonds is 7. The van der Waals surface area contributed by atoms with Crippen LogP contribution in [0.4, 0.5) is 0 Å². The van der Waals surface area contributed by atoms with Gasteiger partial charge in [0.1, 0.15) is 11.6 Å². The van der Waals surface area contributed by atoms with Crippen LogP contribution in [0.1, 0.15) is 20.3 Å². The molecule has 6 heteroatoms. The molecule has 0 spiro atoms. The van der Waals surface area contributed by atoms with E-state index in [9.17, 15) is 4.79 Å². The third-order valence-corrected chi connectivity index (χ3v) is 3.60. The summed E-state index contributed by atoms with van der Waals surface area (Å²) in [6.07, 6.45) is 0.525. The van der Waals surface area contributed by atoms with Crippen molar-refractivity contribution in [3.8, 4) is 0 Å². The second kappa shape index (κ2) is 6.76. The summed E-state index contributed by atoms with van der Waals surface area (Å²) in [6.45, 7) is 3.87. The molecule has 0 bridgehead atoms. The van der Waals surface area contributed by atoms with Gasteiger partial charge in [-0.25, -0.2) is 4.98 Å². The summed E-state index contributed by atoms with van der Waals surface area (Å²) < 4.78 is 5.58. The van der Waals surface area contributed by atoms with Gasteiger partial charge in [-0.1, -0.05) is 37.7 Å². The highest BCUT2D eigenvalue weighted by molar-refractivity contribution is 7.99. The van der Waals surface area contributed by atoms with Crippen molar-refractivity contribution < 1.29 is 14.3 Å². The first-order valence-electron chi connectivity index (χ1n) is 6.53. The van der Waals surface area contributed by atoms with E-state index in [1.165, 1.54) is 11.8 Å². The summed E-state index contributed by atoms with van der Waals surface area (Å²) >= 11 is 1.44. The standard InChI is InChI=1S/C14H18N2O3S/c1-9(2)15-11(13(17)18)7-8-20-14-16-10-5-3-4-6-12(10)19-14/h3-6,9,11,15H,7-8H2,1-2H3,(H,17,18). The fourth-order valence-electron chi connectivity index (χ4n) is 1.86. The molecule has 20 heavy (non-hydrogen) atoms. The van der Waals surface area contributed by atoms with Crippen LogP contribution in [0.15, 0.2) is 33.9 Å². The molecule has 2 rings (SSSR count). The quantitative estimate of drug-likeness (QED) is 0.765. The third-order valence-electron chi connectivity index (χ3n) is 2.74. The smallest absolute Gasteiger partial charge is 0.320 e. The van der Waals surface area contributed by atoms with Crippen molar-refractivity contribution in [2.75, 3.05) is 5.75 Å². The molecule has 2 aromatic rings. The normalized spacial score (nSPS) is 12.9. The van der Waals surface area contributed by atoms with Crippen LogP contribution in [0.5, 0.6) is 0 Å². The van der Waals surface area contributed by atoms with E-state index in [1.807, 2.05) is 38.1 Å². The van der Waals surface area contributed by atoms with Gasteiger partial charge in [-0.2, -0.15) is 0 Å². The average Bonchev–Trinajstić information content (AvgIpc) is 2.79. The molecular formula is C14H18N2O3S. The zero-order valence-corrected chi connectivity index (χ0v) is 12.3. The second-order valence-corrected chi connectivity index (χ2v) is 5.84. The molecule has 0 fully saturated rings. The second-order valence-electron chi connectivity index (χ2n) is 4.80. The minimum Gasteiger partial charge on any atom is -0.480 e. The summed E-state index contributed by atoms with van der Waals surface area (Å²) in [6, 6.07) is 7.18. The fraction of sp³-hybridized carbons (Fsp3) is 0.429. The topological polar surface area (TPSA) is 75.4 Å². The maximum absolute atomic E-state index is 11.1. The van der Waals surface area contributed by atoms with Crippen LogP contribution in [-0.4, -0.2) is 33.9 Å². The number of hydrogen-bond acceptors (Lipinski definition) is 5. The molecule has 0 aliphatic heterocycles. The minimum absolute atomic E-state index is 0.144. The summed E-state index contributed by atoms with van der Waals surface area (Å²) in [5, 5.41) is 12.7. The Morgan fingerprint density at radius 1 is 1.45 bits per heavy atom. The van der Waals surface area contributed by atoms with Gasteiger partial charge in [0.15, 0.2) is 5.58 Å². The van der Waals surface area contributed by atoms with Gasteiger partial charge in [0.25, 0.3) is 5.22 Å². The van der Waals surface area contributed by atoms with Crippen LogP contribution in [0.2, 0.25) is 0 Å². The molecule has 0 amide bonds. The van der Waals surface area contributed by atoms with Gasteiger partial charge in [0, 0.05) is 11.8 Å².